The van der Waals surface area contributed by atoms with Crippen molar-refractivity contribution in [3.05, 3.63) is 64.7 Å². The summed E-state index contributed by atoms with van der Waals surface area (Å²) in [6, 6.07) is 11.1. The Labute approximate surface area is 144 Å². The Balaban J connectivity index is 2.23. The molecule has 2 aromatic rings. The monoisotopic (exact) mass is 351 g/mol. The van der Waals surface area contributed by atoms with Crippen LogP contribution < -0.4 is 10.1 Å². The van der Waals surface area contributed by atoms with Gasteiger partial charge in [0.15, 0.2) is 0 Å². The van der Waals surface area contributed by atoms with Gasteiger partial charge >= 0.3 is 6.18 Å². The number of ether oxygens (including phenoxy) is 1. The van der Waals surface area contributed by atoms with E-state index in [0.717, 1.165) is 11.6 Å². The summed E-state index contributed by atoms with van der Waals surface area (Å²) in [6.07, 6.45) is -3.82. The number of halogens is 3. The maximum atomic E-state index is 13.3. The number of hydrogen-bond acceptors (Lipinski definition) is 2. The first kappa shape index (κ1) is 18.8. The highest BCUT2D eigenvalue weighted by Gasteiger charge is 2.34. The maximum Gasteiger partial charge on any atom is 0.419 e. The van der Waals surface area contributed by atoms with E-state index >= 15 is 0 Å². The SMILES string of the molecule is CCc1ccc(OCc2ccccc2CC(=O)NC)c(C(F)(F)F)c1. The van der Waals surface area contributed by atoms with Crippen molar-refractivity contribution in [2.75, 3.05) is 7.05 Å². The standard InChI is InChI=1S/C19H20F3NO2/c1-3-13-8-9-17(16(10-13)19(20,21)22)25-12-15-7-5-4-6-14(15)11-18(24)23-2/h4-10H,3,11-12H2,1-2H3,(H,23,24). The number of alkyl halides is 3. The average molecular weight is 351 g/mol. The molecule has 0 bridgehead atoms. The minimum Gasteiger partial charge on any atom is -0.488 e. The molecule has 0 atom stereocenters. The van der Waals surface area contributed by atoms with Gasteiger partial charge in [-0.3, -0.25) is 4.79 Å². The molecule has 0 aliphatic rings. The van der Waals surface area contributed by atoms with Crippen molar-refractivity contribution in [3.63, 3.8) is 0 Å². The number of rotatable bonds is 6. The van der Waals surface area contributed by atoms with E-state index in [2.05, 4.69) is 5.32 Å². The third-order valence-electron chi connectivity index (χ3n) is 3.89. The molecule has 0 saturated carbocycles. The lowest BCUT2D eigenvalue weighted by molar-refractivity contribution is -0.139. The Bertz CT molecular complexity index is 742. The van der Waals surface area contributed by atoms with Crippen LogP contribution in [0, 0.1) is 0 Å². The van der Waals surface area contributed by atoms with Crippen LogP contribution in [0.5, 0.6) is 5.75 Å². The van der Waals surface area contributed by atoms with Crippen LogP contribution in [0.15, 0.2) is 42.5 Å². The van der Waals surface area contributed by atoms with Gasteiger partial charge in [-0.15, -0.1) is 0 Å². The minimum atomic E-state index is -4.48. The molecular formula is C19H20F3NO2. The highest BCUT2D eigenvalue weighted by molar-refractivity contribution is 5.78. The molecule has 6 heteroatoms. The number of benzene rings is 2. The first-order valence-electron chi connectivity index (χ1n) is 7.95. The molecule has 0 spiro atoms. The van der Waals surface area contributed by atoms with Gasteiger partial charge in [-0.2, -0.15) is 13.2 Å². The number of hydrogen-bond donors (Lipinski definition) is 1. The molecule has 0 saturated heterocycles. The van der Waals surface area contributed by atoms with Gasteiger partial charge in [0.05, 0.1) is 12.0 Å². The molecule has 0 radical (unpaired) electrons. The molecule has 0 aromatic heterocycles. The summed E-state index contributed by atoms with van der Waals surface area (Å²) in [7, 11) is 1.53. The fourth-order valence-electron chi connectivity index (χ4n) is 2.43. The Morgan fingerprint density at radius 1 is 1.12 bits per heavy atom. The van der Waals surface area contributed by atoms with Crippen molar-refractivity contribution in [2.45, 2.75) is 32.5 Å². The highest BCUT2D eigenvalue weighted by atomic mass is 19.4. The summed E-state index contributed by atoms with van der Waals surface area (Å²) in [5.74, 6) is -0.379. The number of aryl methyl sites for hydroxylation is 1. The Morgan fingerprint density at radius 2 is 1.80 bits per heavy atom. The van der Waals surface area contributed by atoms with E-state index < -0.39 is 11.7 Å². The molecular weight excluding hydrogens is 331 g/mol. The fraction of sp³-hybridized carbons (Fsp3) is 0.316. The Kier molecular flexibility index (Phi) is 6.07. The van der Waals surface area contributed by atoms with Crippen LogP contribution in [0.3, 0.4) is 0 Å². The average Bonchev–Trinajstić information content (AvgIpc) is 2.60. The van der Waals surface area contributed by atoms with E-state index in [1.165, 1.54) is 13.1 Å². The molecule has 1 N–H and O–H groups in total. The maximum absolute atomic E-state index is 13.3. The number of carbonyl (C=O) groups is 1. The van der Waals surface area contributed by atoms with Gasteiger partial charge in [-0.05, 0) is 35.2 Å². The summed E-state index contributed by atoms with van der Waals surface area (Å²) in [6.45, 7) is 1.76. The molecule has 0 unspecified atom stereocenters. The smallest absolute Gasteiger partial charge is 0.419 e. The van der Waals surface area contributed by atoms with Crippen molar-refractivity contribution < 1.29 is 22.7 Å². The predicted octanol–water partition coefficient (Wildman–Crippen LogP) is 4.14. The predicted molar refractivity (Wildman–Crippen MR) is 89.4 cm³/mol. The number of likely N-dealkylation sites (N-methyl/N-ethyl adjacent to an activating group) is 1. The molecule has 2 aromatic carbocycles. The van der Waals surface area contributed by atoms with Crippen molar-refractivity contribution >= 4 is 5.91 Å². The van der Waals surface area contributed by atoms with Gasteiger partial charge in [-0.1, -0.05) is 37.3 Å². The molecule has 134 valence electrons. The molecule has 0 aliphatic carbocycles. The summed E-state index contributed by atoms with van der Waals surface area (Å²) in [4.78, 5) is 11.6. The summed E-state index contributed by atoms with van der Waals surface area (Å²) in [5, 5.41) is 2.53. The highest BCUT2D eigenvalue weighted by Crippen LogP contribution is 2.37. The van der Waals surface area contributed by atoms with E-state index in [1.54, 1.807) is 37.3 Å². The van der Waals surface area contributed by atoms with Crippen LogP contribution in [0.25, 0.3) is 0 Å². The normalized spacial score (nSPS) is 11.2. The largest absolute Gasteiger partial charge is 0.488 e. The zero-order chi connectivity index (χ0) is 18.4. The van der Waals surface area contributed by atoms with E-state index in [1.807, 2.05) is 0 Å². The summed E-state index contributed by atoms with van der Waals surface area (Å²) < 4.78 is 45.2. The van der Waals surface area contributed by atoms with Crippen LogP contribution in [0.4, 0.5) is 13.2 Å². The van der Waals surface area contributed by atoms with Gasteiger partial charge in [0.1, 0.15) is 12.4 Å². The first-order valence-corrected chi connectivity index (χ1v) is 7.95. The van der Waals surface area contributed by atoms with Gasteiger partial charge in [0.2, 0.25) is 5.91 Å². The van der Waals surface area contributed by atoms with Crippen molar-refractivity contribution in [1.29, 1.82) is 0 Å². The van der Waals surface area contributed by atoms with Gasteiger partial charge in [0, 0.05) is 7.05 Å². The second-order valence-electron chi connectivity index (χ2n) is 5.59. The van der Waals surface area contributed by atoms with Gasteiger partial charge < -0.3 is 10.1 Å². The molecule has 1 amide bonds. The molecule has 0 aliphatic heterocycles. The van der Waals surface area contributed by atoms with Crippen molar-refractivity contribution in [3.8, 4) is 5.75 Å². The minimum absolute atomic E-state index is 0.0400. The Hall–Kier alpha value is -2.50. The lowest BCUT2D eigenvalue weighted by atomic mass is 10.0. The van der Waals surface area contributed by atoms with Crippen LogP contribution in [-0.2, 0) is 30.4 Å². The lowest BCUT2D eigenvalue weighted by Crippen LogP contribution is -2.20. The molecule has 0 heterocycles. The second-order valence-corrected chi connectivity index (χ2v) is 5.59. The van der Waals surface area contributed by atoms with Crippen molar-refractivity contribution in [1.82, 2.24) is 5.32 Å². The zero-order valence-corrected chi connectivity index (χ0v) is 14.1. The number of nitrogens with one attached hydrogen (secondary N) is 1. The van der Waals surface area contributed by atoms with E-state index in [4.69, 9.17) is 4.74 Å². The summed E-state index contributed by atoms with van der Waals surface area (Å²) in [5.41, 5.74) is 1.22. The quantitative estimate of drug-likeness (QED) is 0.850. The van der Waals surface area contributed by atoms with Gasteiger partial charge in [-0.25, -0.2) is 0 Å². The van der Waals surface area contributed by atoms with Crippen LogP contribution in [0.2, 0.25) is 0 Å². The first-order chi connectivity index (χ1) is 11.8. The second kappa shape index (κ2) is 8.05. The van der Waals surface area contributed by atoms with Crippen LogP contribution in [0.1, 0.15) is 29.2 Å². The third kappa shape index (κ3) is 4.98. The fourth-order valence-corrected chi connectivity index (χ4v) is 2.43. The Morgan fingerprint density at radius 3 is 2.40 bits per heavy atom. The molecule has 0 fully saturated rings. The lowest BCUT2D eigenvalue weighted by Gasteiger charge is -2.16. The van der Waals surface area contributed by atoms with E-state index in [9.17, 15) is 18.0 Å². The third-order valence-corrected chi connectivity index (χ3v) is 3.89. The summed E-state index contributed by atoms with van der Waals surface area (Å²) >= 11 is 0. The molecule has 2 rings (SSSR count). The molecule has 25 heavy (non-hydrogen) atoms. The number of carbonyl (C=O) groups excluding carboxylic acids is 1. The van der Waals surface area contributed by atoms with Gasteiger partial charge in [0.25, 0.3) is 0 Å². The van der Waals surface area contributed by atoms with E-state index in [0.29, 0.717) is 17.5 Å². The topological polar surface area (TPSA) is 38.3 Å². The number of amides is 1. The zero-order valence-electron chi connectivity index (χ0n) is 14.1. The van der Waals surface area contributed by atoms with Crippen LogP contribution in [-0.4, -0.2) is 13.0 Å². The molecule has 3 nitrogen and oxygen atoms in total. The van der Waals surface area contributed by atoms with Crippen molar-refractivity contribution in [2.24, 2.45) is 0 Å². The van der Waals surface area contributed by atoms with Crippen LogP contribution >= 0.6 is 0 Å². The van der Waals surface area contributed by atoms with E-state index in [-0.39, 0.29) is 24.7 Å².